The number of thiophene rings is 1. The van der Waals surface area contributed by atoms with Crippen molar-refractivity contribution < 1.29 is 9.05 Å². The third-order valence-corrected chi connectivity index (χ3v) is 2.87. The minimum absolute atomic E-state index is 0.445. The second-order valence-electron chi connectivity index (χ2n) is 3.22. The monoisotopic (exact) mass is 233 g/mol. The highest BCUT2D eigenvalue weighted by Gasteiger charge is 2.13. The van der Waals surface area contributed by atoms with Gasteiger partial charge in [0.2, 0.25) is 5.82 Å². The number of rotatable bonds is 2. The molecule has 0 aliphatic heterocycles. The van der Waals surface area contributed by atoms with Crippen LogP contribution in [0.1, 0.15) is 5.76 Å². The van der Waals surface area contributed by atoms with E-state index in [2.05, 4.69) is 15.3 Å². The minimum Gasteiger partial charge on any atom is -0.361 e. The highest BCUT2D eigenvalue weighted by atomic mass is 32.1. The summed E-state index contributed by atoms with van der Waals surface area (Å²) in [6, 6.07) is 5.63. The van der Waals surface area contributed by atoms with Crippen molar-refractivity contribution >= 4 is 11.3 Å². The third-order valence-electron chi connectivity index (χ3n) is 2.02. The summed E-state index contributed by atoms with van der Waals surface area (Å²) >= 11 is 1.55. The summed E-state index contributed by atoms with van der Waals surface area (Å²) in [5.41, 5.74) is 0.587. The predicted octanol–water partition coefficient (Wildman–Crippen LogP) is 2.76. The van der Waals surface area contributed by atoms with Crippen molar-refractivity contribution in [3.63, 3.8) is 0 Å². The zero-order valence-electron chi connectivity index (χ0n) is 8.38. The minimum atomic E-state index is 0.445. The molecule has 0 saturated carbocycles. The predicted molar refractivity (Wildman–Crippen MR) is 57.8 cm³/mol. The summed E-state index contributed by atoms with van der Waals surface area (Å²) in [6.07, 6.45) is 0. The van der Waals surface area contributed by atoms with Gasteiger partial charge in [-0.25, -0.2) is 0 Å². The van der Waals surface area contributed by atoms with Crippen LogP contribution in [0.3, 0.4) is 0 Å². The van der Waals surface area contributed by atoms with Crippen LogP contribution in [0, 0.1) is 6.92 Å². The molecule has 3 aromatic rings. The standard InChI is InChI=1S/C10H7N3O2S/c1-6-5-7(12-14-6)9-11-10(15-13-9)8-3-2-4-16-8/h2-5H,1H3. The van der Waals surface area contributed by atoms with E-state index >= 15 is 0 Å². The molecule has 3 aromatic heterocycles. The largest absolute Gasteiger partial charge is 0.361 e. The van der Waals surface area contributed by atoms with Crippen LogP contribution in [0.15, 0.2) is 32.6 Å². The molecule has 0 aromatic carbocycles. The SMILES string of the molecule is Cc1cc(-c2noc(-c3cccs3)n2)no1. The molecule has 0 aliphatic carbocycles. The van der Waals surface area contributed by atoms with E-state index in [0.29, 0.717) is 17.4 Å². The van der Waals surface area contributed by atoms with Gasteiger partial charge in [0.15, 0.2) is 5.69 Å². The fourth-order valence-electron chi connectivity index (χ4n) is 1.30. The second-order valence-corrected chi connectivity index (χ2v) is 4.17. The number of hydrogen-bond donors (Lipinski definition) is 0. The molecule has 0 atom stereocenters. The number of nitrogens with zero attached hydrogens (tertiary/aromatic N) is 3. The molecule has 0 N–H and O–H groups in total. The smallest absolute Gasteiger partial charge is 0.268 e. The molecule has 0 saturated heterocycles. The van der Waals surface area contributed by atoms with Crippen molar-refractivity contribution in [2.45, 2.75) is 6.92 Å². The van der Waals surface area contributed by atoms with Crippen LogP contribution >= 0.6 is 11.3 Å². The molecule has 0 amide bonds. The second kappa shape index (κ2) is 3.57. The molecular weight excluding hydrogens is 226 g/mol. The Kier molecular flexibility index (Phi) is 2.07. The van der Waals surface area contributed by atoms with E-state index in [4.69, 9.17) is 9.05 Å². The van der Waals surface area contributed by atoms with Crippen LogP contribution in [0.25, 0.3) is 22.3 Å². The molecule has 6 heteroatoms. The fourth-order valence-corrected chi connectivity index (χ4v) is 1.94. The molecule has 5 nitrogen and oxygen atoms in total. The average molecular weight is 233 g/mol. The van der Waals surface area contributed by atoms with Gasteiger partial charge in [0, 0.05) is 6.07 Å². The van der Waals surface area contributed by atoms with Crippen molar-refractivity contribution in [2.75, 3.05) is 0 Å². The Morgan fingerprint density at radius 1 is 1.25 bits per heavy atom. The molecule has 0 radical (unpaired) electrons. The highest BCUT2D eigenvalue weighted by molar-refractivity contribution is 7.13. The van der Waals surface area contributed by atoms with Gasteiger partial charge in [-0.05, 0) is 18.4 Å². The maximum absolute atomic E-state index is 5.14. The lowest BCUT2D eigenvalue weighted by Gasteiger charge is -1.82. The van der Waals surface area contributed by atoms with Crippen LogP contribution < -0.4 is 0 Å². The van der Waals surface area contributed by atoms with Crippen molar-refractivity contribution in [2.24, 2.45) is 0 Å². The Labute approximate surface area is 94.7 Å². The van der Waals surface area contributed by atoms with Crippen LogP contribution in [0.4, 0.5) is 0 Å². The van der Waals surface area contributed by atoms with Gasteiger partial charge in [-0.1, -0.05) is 16.4 Å². The summed E-state index contributed by atoms with van der Waals surface area (Å²) in [4.78, 5) is 5.19. The number of hydrogen-bond acceptors (Lipinski definition) is 6. The van der Waals surface area contributed by atoms with E-state index in [1.54, 1.807) is 17.4 Å². The van der Waals surface area contributed by atoms with Crippen molar-refractivity contribution in [1.29, 1.82) is 0 Å². The van der Waals surface area contributed by atoms with E-state index in [9.17, 15) is 0 Å². The zero-order valence-corrected chi connectivity index (χ0v) is 9.19. The molecule has 3 rings (SSSR count). The van der Waals surface area contributed by atoms with E-state index in [0.717, 1.165) is 10.6 Å². The lowest BCUT2D eigenvalue weighted by atomic mass is 10.4. The molecule has 0 spiro atoms. The molecule has 16 heavy (non-hydrogen) atoms. The molecule has 0 fully saturated rings. The van der Waals surface area contributed by atoms with Crippen LogP contribution in [-0.2, 0) is 0 Å². The Bertz CT molecular complexity index is 597. The first-order valence-corrected chi connectivity index (χ1v) is 5.52. The summed E-state index contributed by atoms with van der Waals surface area (Å²) in [5.74, 6) is 1.67. The van der Waals surface area contributed by atoms with E-state index in [1.165, 1.54) is 0 Å². The summed E-state index contributed by atoms with van der Waals surface area (Å²) < 4.78 is 10.1. The quantitative estimate of drug-likeness (QED) is 0.680. The van der Waals surface area contributed by atoms with Crippen LogP contribution in [-0.4, -0.2) is 15.3 Å². The molecule has 0 unspecified atom stereocenters. The topological polar surface area (TPSA) is 65.0 Å². The van der Waals surface area contributed by atoms with Gasteiger partial charge in [0.25, 0.3) is 5.89 Å². The Balaban J connectivity index is 2.00. The van der Waals surface area contributed by atoms with Gasteiger partial charge in [-0.2, -0.15) is 4.98 Å². The third kappa shape index (κ3) is 1.53. The van der Waals surface area contributed by atoms with Crippen molar-refractivity contribution in [1.82, 2.24) is 15.3 Å². The lowest BCUT2D eigenvalue weighted by Crippen LogP contribution is -1.79. The summed E-state index contributed by atoms with van der Waals surface area (Å²) in [6.45, 7) is 1.82. The maximum Gasteiger partial charge on any atom is 0.268 e. The Morgan fingerprint density at radius 3 is 2.88 bits per heavy atom. The van der Waals surface area contributed by atoms with Gasteiger partial charge in [-0.3, -0.25) is 0 Å². The van der Waals surface area contributed by atoms with Crippen LogP contribution in [0.5, 0.6) is 0 Å². The van der Waals surface area contributed by atoms with Crippen LogP contribution in [0.2, 0.25) is 0 Å². The van der Waals surface area contributed by atoms with Gasteiger partial charge in [0.05, 0.1) is 4.88 Å². The van der Waals surface area contributed by atoms with Crippen molar-refractivity contribution in [3.05, 3.63) is 29.3 Å². The highest BCUT2D eigenvalue weighted by Crippen LogP contribution is 2.25. The van der Waals surface area contributed by atoms with Gasteiger partial charge in [0.1, 0.15) is 5.76 Å². The molecule has 80 valence electrons. The average Bonchev–Trinajstić information content (AvgIpc) is 2.97. The molecule has 0 aliphatic rings. The Hall–Kier alpha value is -1.95. The molecule has 3 heterocycles. The van der Waals surface area contributed by atoms with Gasteiger partial charge >= 0.3 is 0 Å². The number of aromatic nitrogens is 3. The zero-order chi connectivity index (χ0) is 11.0. The van der Waals surface area contributed by atoms with Gasteiger partial charge in [-0.15, -0.1) is 11.3 Å². The normalized spacial score (nSPS) is 10.8. The number of aryl methyl sites for hydroxylation is 1. The summed E-state index contributed by atoms with van der Waals surface area (Å²) in [7, 11) is 0. The van der Waals surface area contributed by atoms with Crippen molar-refractivity contribution in [3.8, 4) is 22.3 Å². The first-order chi connectivity index (χ1) is 7.83. The van der Waals surface area contributed by atoms with Gasteiger partial charge < -0.3 is 9.05 Å². The Morgan fingerprint density at radius 2 is 2.19 bits per heavy atom. The molecule has 0 bridgehead atoms. The lowest BCUT2D eigenvalue weighted by molar-refractivity contribution is 0.397. The summed E-state index contributed by atoms with van der Waals surface area (Å²) in [5, 5.41) is 9.64. The maximum atomic E-state index is 5.14. The fraction of sp³-hybridized carbons (Fsp3) is 0.100. The first-order valence-electron chi connectivity index (χ1n) is 4.64. The molecular formula is C10H7N3O2S. The first kappa shape index (κ1) is 9.29. The van der Waals surface area contributed by atoms with E-state index < -0.39 is 0 Å². The van der Waals surface area contributed by atoms with E-state index in [1.807, 2.05) is 24.4 Å². The van der Waals surface area contributed by atoms with E-state index in [-0.39, 0.29) is 0 Å².